The Balaban J connectivity index is 1.47. The van der Waals surface area contributed by atoms with E-state index in [2.05, 4.69) is 20.0 Å². The number of methoxy groups -OCH3 is 1. The third-order valence-electron chi connectivity index (χ3n) is 4.98. The van der Waals surface area contributed by atoms with E-state index in [1.165, 1.54) is 6.07 Å². The van der Waals surface area contributed by atoms with Gasteiger partial charge >= 0.3 is 0 Å². The number of rotatable bonds is 8. The molecule has 30 heavy (non-hydrogen) atoms. The highest BCUT2D eigenvalue weighted by Gasteiger charge is 2.31. The van der Waals surface area contributed by atoms with Crippen LogP contribution in [0.3, 0.4) is 0 Å². The Hall–Kier alpha value is -2.91. The van der Waals surface area contributed by atoms with Crippen LogP contribution in [-0.2, 0) is 11.3 Å². The van der Waals surface area contributed by atoms with Crippen molar-refractivity contribution in [2.45, 2.75) is 25.4 Å². The van der Waals surface area contributed by atoms with Gasteiger partial charge in [0.1, 0.15) is 18.1 Å². The molecule has 1 aliphatic rings. The standard InChI is InChI=1S/C21H22F2N4O3/c1-28-9-10-29-15-6-7-24-18(12-15)20-25-21(30-26-20)19-3-2-8-27(19)13-14-4-5-16(22)17(23)11-14/h4-7,11-12,19H,2-3,8-10,13H2,1H3/t19-/m0/s1. The molecular weight excluding hydrogens is 394 g/mol. The molecule has 1 saturated heterocycles. The molecule has 0 radical (unpaired) electrons. The fourth-order valence-electron chi connectivity index (χ4n) is 3.51. The first kappa shape index (κ1) is 20.4. The van der Waals surface area contributed by atoms with Gasteiger partial charge in [0, 0.05) is 25.9 Å². The van der Waals surface area contributed by atoms with Crippen molar-refractivity contribution in [2.24, 2.45) is 0 Å². The zero-order chi connectivity index (χ0) is 20.9. The predicted molar refractivity (Wildman–Crippen MR) is 104 cm³/mol. The molecule has 0 bridgehead atoms. The van der Waals surface area contributed by atoms with E-state index in [1.807, 2.05) is 0 Å². The fraction of sp³-hybridized carbons (Fsp3) is 0.381. The number of benzene rings is 1. The highest BCUT2D eigenvalue weighted by molar-refractivity contribution is 5.50. The van der Waals surface area contributed by atoms with Gasteiger partial charge in [-0.05, 0) is 43.1 Å². The van der Waals surface area contributed by atoms with Crippen molar-refractivity contribution in [1.29, 1.82) is 0 Å². The van der Waals surface area contributed by atoms with Crippen molar-refractivity contribution < 1.29 is 22.8 Å². The lowest BCUT2D eigenvalue weighted by Gasteiger charge is -2.21. The van der Waals surface area contributed by atoms with Gasteiger partial charge in [-0.15, -0.1) is 0 Å². The zero-order valence-electron chi connectivity index (χ0n) is 16.6. The van der Waals surface area contributed by atoms with Gasteiger partial charge in [-0.3, -0.25) is 9.88 Å². The van der Waals surface area contributed by atoms with Crippen molar-refractivity contribution in [1.82, 2.24) is 20.0 Å². The molecule has 9 heteroatoms. The molecule has 1 aromatic carbocycles. The van der Waals surface area contributed by atoms with Gasteiger partial charge in [-0.1, -0.05) is 11.2 Å². The molecule has 7 nitrogen and oxygen atoms in total. The SMILES string of the molecule is COCCOc1ccnc(-c2noc([C@@H]3CCCN3Cc3ccc(F)c(F)c3)n2)c1. The van der Waals surface area contributed by atoms with E-state index < -0.39 is 11.6 Å². The maximum atomic E-state index is 13.5. The summed E-state index contributed by atoms with van der Waals surface area (Å²) in [4.78, 5) is 10.9. The predicted octanol–water partition coefficient (Wildman–Crippen LogP) is 3.77. The van der Waals surface area contributed by atoms with E-state index in [0.717, 1.165) is 25.5 Å². The Labute approximate surface area is 172 Å². The van der Waals surface area contributed by atoms with Crippen molar-refractivity contribution in [3.63, 3.8) is 0 Å². The summed E-state index contributed by atoms with van der Waals surface area (Å²) >= 11 is 0. The molecule has 0 saturated carbocycles. The van der Waals surface area contributed by atoms with E-state index in [4.69, 9.17) is 14.0 Å². The smallest absolute Gasteiger partial charge is 0.244 e. The summed E-state index contributed by atoms with van der Waals surface area (Å²) in [6, 6.07) is 7.38. The maximum Gasteiger partial charge on any atom is 0.244 e. The van der Waals surface area contributed by atoms with Crippen LogP contribution in [0.1, 0.15) is 30.3 Å². The summed E-state index contributed by atoms with van der Waals surface area (Å²) in [5.74, 6) is -0.190. The second-order valence-corrected chi connectivity index (χ2v) is 7.05. The first-order valence-corrected chi connectivity index (χ1v) is 9.74. The first-order valence-electron chi connectivity index (χ1n) is 9.74. The fourth-order valence-corrected chi connectivity index (χ4v) is 3.51. The topological polar surface area (TPSA) is 73.5 Å². The van der Waals surface area contributed by atoms with Crippen LogP contribution in [0.4, 0.5) is 8.78 Å². The van der Waals surface area contributed by atoms with Gasteiger partial charge in [0.2, 0.25) is 11.7 Å². The Morgan fingerprint density at radius 1 is 1.17 bits per heavy atom. The minimum absolute atomic E-state index is 0.0829. The summed E-state index contributed by atoms with van der Waals surface area (Å²) in [5, 5.41) is 4.07. The van der Waals surface area contributed by atoms with Crippen LogP contribution >= 0.6 is 0 Å². The molecule has 1 fully saturated rings. The number of ether oxygens (including phenoxy) is 2. The second kappa shape index (κ2) is 9.27. The largest absolute Gasteiger partial charge is 0.491 e. The molecule has 2 aromatic heterocycles. The summed E-state index contributed by atoms with van der Waals surface area (Å²) in [5.41, 5.74) is 1.24. The average Bonchev–Trinajstić information content (AvgIpc) is 3.41. The Morgan fingerprint density at radius 3 is 2.90 bits per heavy atom. The number of nitrogens with zero attached hydrogens (tertiary/aromatic N) is 4. The summed E-state index contributed by atoms with van der Waals surface area (Å²) in [6.45, 7) is 2.20. The van der Waals surface area contributed by atoms with Crippen LogP contribution in [0, 0.1) is 11.6 Å². The Morgan fingerprint density at radius 2 is 2.07 bits per heavy atom. The lowest BCUT2D eigenvalue weighted by Crippen LogP contribution is -2.23. The lowest BCUT2D eigenvalue weighted by molar-refractivity contribution is 0.146. The van der Waals surface area contributed by atoms with Gasteiger partial charge in [-0.25, -0.2) is 8.78 Å². The third-order valence-corrected chi connectivity index (χ3v) is 4.98. The van der Waals surface area contributed by atoms with Crippen molar-refractivity contribution in [2.75, 3.05) is 26.9 Å². The molecule has 0 spiro atoms. The van der Waals surface area contributed by atoms with Crippen molar-refractivity contribution >= 4 is 0 Å². The van der Waals surface area contributed by atoms with Crippen molar-refractivity contribution in [3.05, 3.63) is 59.6 Å². The minimum atomic E-state index is -0.848. The highest BCUT2D eigenvalue weighted by atomic mass is 19.2. The van der Waals surface area contributed by atoms with Crippen LogP contribution in [0.2, 0.25) is 0 Å². The molecule has 3 aromatic rings. The Kier molecular flexibility index (Phi) is 6.29. The quantitative estimate of drug-likeness (QED) is 0.518. The number of halogens is 2. The number of hydrogen-bond donors (Lipinski definition) is 0. The molecule has 158 valence electrons. The number of likely N-dealkylation sites (tertiary alicyclic amines) is 1. The third kappa shape index (κ3) is 4.63. The molecule has 4 rings (SSSR count). The van der Waals surface area contributed by atoms with Crippen LogP contribution in [0.15, 0.2) is 41.1 Å². The monoisotopic (exact) mass is 416 g/mol. The molecule has 3 heterocycles. The number of pyridine rings is 1. The van der Waals surface area contributed by atoms with Crippen molar-refractivity contribution in [3.8, 4) is 17.3 Å². The Bertz CT molecular complexity index is 998. The van der Waals surface area contributed by atoms with Gasteiger partial charge in [0.05, 0.1) is 12.6 Å². The van der Waals surface area contributed by atoms with Crippen LogP contribution < -0.4 is 4.74 Å². The average molecular weight is 416 g/mol. The molecular formula is C21H22F2N4O3. The number of aromatic nitrogens is 3. The summed E-state index contributed by atoms with van der Waals surface area (Å²) < 4.78 is 42.8. The van der Waals surface area contributed by atoms with E-state index >= 15 is 0 Å². The second-order valence-electron chi connectivity index (χ2n) is 7.05. The zero-order valence-corrected chi connectivity index (χ0v) is 16.6. The minimum Gasteiger partial charge on any atom is -0.491 e. The van der Waals surface area contributed by atoms with Gasteiger partial charge in [0.25, 0.3) is 0 Å². The van der Waals surface area contributed by atoms with E-state index in [-0.39, 0.29) is 6.04 Å². The van der Waals surface area contributed by atoms with E-state index in [9.17, 15) is 8.78 Å². The molecule has 0 N–H and O–H groups in total. The van der Waals surface area contributed by atoms with Crippen LogP contribution in [0.25, 0.3) is 11.5 Å². The van der Waals surface area contributed by atoms with Gasteiger partial charge in [-0.2, -0.15) is 4.98 Å². The number of hydrogen-bond acceptors (Lipinski definition) is 7. The molecule has 0 amide bonds. The van der Waals surface area contributed by atoms with Crippen LogP contribution in [-0.4, -0.2) is 46.9 Å². The summed E-state index contributed by atoms with van der Waals surface area (Å²) in [7, 11) is 1.61. The van der Waals surface area contributed by atoms with Gasteiger partial charge < -0.3 is 14.0 Å². The molecule has 1 atom stereocenters. The van der Waals surface area contributed by atoms with E-state index in [1.54, 1.807) is 31.5 Å². The van der Waals surface area contributed by atoms with Gasteiger partial charge in [0.15, 0.2) is 11.6 Å². The first-order chi connectivity index (χ1) is 14.6. The molecule has 0 aliphatic carbocycles. The van der Waals surface area contributed by atoms with Crippen LogP contribution in [0.5, 0.6) is 5.75 Å². The maximum absolute atomic E-state index is 13.5. The summed E-state index contributed by atoms with van der Waals surface area (Å²) in [6.07, 6.45) is 3.42. The highest BCUT2D eigenvalue weighted by Crippen LogP contribution is 2.33. The molecule has 0 unspecified atom stereocenters. The lowest BCUT2D eigenvalue weighted by atomic mass is 10.1. The van der Waals surface area contributed by atoms with E-state index in [0.29, 0.717) is 48.5 Å². The normalized spacial score (nSPS) is 16.8. The molecule has 1 aliphatic heterocycles.